The molecular weight excluding hydrogens is 410 g/mol. The summed E-state index contributed by atoms with van der Waals surface area (Å²) in [5, 5.41) is 0. The van der Waals surface area contributed by atoms with E-state index < -0.39 is 0 Å². The SMILES string of the molecule is [OH-].[OH-].[OH-].[OH-].[Pb].[Ti].[Zr+2]. The zero-order chi connectivity index (χ0) is 0. The zero-order valence-electron chi connectivity index (χ0n) is 3.29. The van der Waals surface area contributed by atoms with Crippen LogP contribution in [0.5, 0.6) is 0 Å². The Morgan fingerprint density at radius 2 is 0.571 bits per heavy atom. The smallest absolute Gasteiger partial charge is 0.870 e. The van der Waals surface area contributed by atoms with Crippen molar-refractivity contribution in [3.8, 4) is 0 Å². The van der Waals surface area contributed by atoms with Crippen molar-refractivity contribution >= 4 is 27.3 Å². The van der Waals surface area contributed by atoms with Crippen LogP contribution in [0, 0.1) is 0 Å². The van der Waals surface area contributed by atoms with Crippen molar-refractivity contribution < 1.29 is 69.8 Å². The van der Waals surface area contributed by atoms with Gasteiger partial charge in [-0.1, -0.05) is 0 Å². The van der Waals surface area contributed by atoms with Crippen molar-refractivity contribution in [2.45, 2.75) is 0 Å². The molecule has 0 aromatic rings. The largest absolute Gasteiger partial charge is 2.00 e. The third-order valence-corrected chi connectivity index (χ3v) is 0. The molecule has 4 radical (unpaired) electrons. The van der Waals surface area contributed by atoms with Gasteiger partial charge in [-0.25, -0.2) is 0 Å². The Labute approximate surface area is 95.8 Å². The predicted octanol–water partition coefficient (Wildman–Crippen LogP) is -1.09. The van der Waals surface area contributed by atoms with Crippen LogP contribution in [0.1, 0.15) is 0 Å². The van der Waals surface area contributed by atoms with Crippen LogP contribution >= 0.6 is 0 Å². The number of hydrogen-bond donors (Lipinski definition) is 0. The summed E-state index contributed by atoms with van der Waals surface area (Å²) in [6.07, 6.45) is 0. The van der Waals surface area contributed by atoms with E-state index in [2.05, 4.69) is 0 Å². The van der Waals surface area contributed by atoms with Crippen LogP contribution in [0.4, 0.5) is 0 Å². The summed E-state index contributed by atoms with van der Waals surface area (Å²) in [6.45, 7) is 0. The summed E-state index contributed by atoms with van der Waals surface area (Å²) >= 11 is 0. The van der Waals surface area contributed by atoms with E-state index in [0.717, 1.165) is 0 Å². The van der Waals surface area contributed by atoms with Gasteiger partial charge < -0.3 is 21.9 Å². The molecule has 0 unspecified atom stereocenters. The van der Waals surface area contributed by atoms with E-state index in [1.807, 2.05) is 0 Å². The molecule has 0 heterocycles. The van der Waals surface area contributed by atoms with Gasteiger partial charge in [-0.05, 0) is 0 Å². The molecule has 0 spiro atoms. The van der Waals surface area contributed by atoms with Crippen molar-refractivity contribution in [3.05, 3.63) is 0 Å². The quantitative estimate of drug-likeness (QED) is 0.468. The van der Waals surface area contributed by atoms with E-state index in [0.29, 0.717) is 0 Å². The zero-order valence-corrected chi connectivity index (χ0v) is 11.2. The third kappa shape index (κ3) is 60.7. The van der Waals surface area contributed by atoms with Crippen LogP contribution in [0.15, 0.2) is 0 Å². The van der Waals surface area contributed by atoms with Crippen LogP contribution in [0.25, 0.3) is 0 Å². The van der Waals surface area contributed by atoms with Gasteiger partial charge in [0.25, 0.3) is 0 Å². The van der Waals surface area contributed by atoms with Crippen molar-refractivity contribution in [2.24, 2.45) is 0 Å². The Morgan fingerprint density at radius 3 is 0.571 bits per heavy atom. The van der Waals surface area contributed by atoms with Gasteiger partial charge >= 0.3 is 26.2 Å². The van der Waals surface area contributed by atoms with Gasteiger partial charge in [0.05, 0.1) is 0 Å². The van der Waals surface area contributed by atoms with E-state index in [1.165, 1.54) is 0 Å². The maximum absolute atomic E-state index is 0. The first-order valence-corrected chi connectivity index (χ1v) is 0. The number of rotatable bonds is 0. The molecular formula is H4O4PbTiZr-2. The van der Waals surface area contributed by atoms with Crippen LogP contribution in [-0.2, 0) is 47.9 Å². The molecule has 0 rings (SSSR count). The second kappa shape index (κ2) is 81.3. The van der Waals surface area contributed by atoms with Crippen LogP contribution in [0.2, 0.25) is 0 Å². The second-order valence-electron chi connectivity index (χ2n) is 0. The number of hydrogen-bond acceptors (Lipinski definition) is 4. The molecule has 0 aliphatic heterocycles. The predicted molar refractivity (Wildman–Crippen MR) is 13.5 cm³/mol. The molecule has 0 aliphatic carbocycles. The molecule has 0 fully saturated rings. The Hall–Kier alpha value is 2.36. The van der Waals surface area contributed by atoms with Gasteiger partial charge in [-0.2, -0.15) is 0 Å². The van der Waals surface area contributed by atoms with Gasteiger partial charge in [0.15, 0.2) is 0 Å². The fourth-order valence-corrected chi connectivity index (χ4v) is 0. The first-order valence-electron chi connectivity index (χ1n) is 0. The average molecular weight is 414 g/mol. The van der Waals surface area contributed by atoms with Crippen molar-refractivity contribution in [1.82, 2.24) is 0 Å². The maximum Gasteiger partial charge on any atom is 2.00 e. The molecule has 0 saturated carbocycles. The minimum Gasteiger partial charge on any atom is -0.870 e. The first-order chi connectivity index (χ1) is 0. The Kier molecular flexibility index (Phi) is 1360. The second-order valence-corrected chi connectivity index (χ2v) is 0. The summed E-state index contributed by atoms with van der Waals surface area (Å²) in [7, 11) is 0. The van der Waals surface area contributed by atoms with E-state index >= 15 is 0 Å². The van der Waals surface area contributed by atoms with Crippen LogP contribution < -0.4 is 0 Å². The molecule has 0 atom stereocenters. The minimum absolute atomic E-state index is 0. The van der Waals surface area contributed by atoms with Gasteiger partial charge in [0.1, 0.15) is 0 Å². The minimum atomic E-state index is 0. The molecule has 0 aromatic heterocycles. The molecule has 0 bridgehead atoms. The first kappa shape index (κ1) is 117. The van der Waals surface area contributed by atoms with Crippen LogP contribution in [0.3, 0.4) is 0 Å². The Morgan fingerprint density at radius 1 is 0.571 bits per heavy atom. The average Bonchev–Trinajstić information content (AvgIpc) is 0. The Bertz CT molecular complexity index is 11.7. The van der Waals surface area contributed by atoms with Gasteiger partial charge in [-0.15, -0.1) is 0 Å². The fraction of sp³-hybridized carbons (Fsp3) is 0. The normalized spacial score (nSPS) is 0. The summed E-state index contributed by atoms with van der Waals surface area (Å²) in [5.74, 6) is 0. The molecule has 0 aliphatic rings. The Balaban J connectivity index is 0. The monoisotopic (exact) mass is 414 g/mol. The molecule has 4 N–H and O–H groups in total. The van der Waals surface area contributed by atoms with E-state index in [-0.39, 0.29) is 97.1 Å². The summed E-state index contributed by atoms with van der Waals surface area (Å²) in [5.41, 5.74) is 0. The van der Waals surface area contributed by atoms with Gasteiger partial charge in [0, 0.05) is 49.0 Å². The topological polar surface area (TPSA) is 120 Å². The van der Waals surface area contributed by atoms with Gasteiger partial charge in [-0.3, -0.25) is 0 Å². The van der Waals surface area contributed by atoms with E-state index in [4.69, 9.17) is 0 Å². The van der Waals surface area contributed by atoms with Crippen molar-refractivity contribution in [3.63, 3.8) is 0 Å². The fourth-order valence-electron chi connectivity index (χ4n) is 0. The molecule has 0 amide bonds. The van der Waals surface area contributed by atoms with Crippen molar-refractivity contribution in [1.29, 1.82) is 0 Å². The third-order valence-electron chi connectivity index (χ3n) is 0. The molecule has 7 heteroatoms. The summed E-state index contributed by atoms with van der Waals surface area (Å²) in [6, 6.07) is 0. The molecule has 42 valence electrons. The van der Waals surface area contributed by atoms with E-state index in [1.54, 1.807) is 0 Å². The molecule has 4 nitrogen and oxygen atoms in total. The molecule has 7 heavy (non-hydrogen) atoms. The van der Waals surface area contributed by atoms with Crippen molar-refractivity contribution in [2.75, 3.05) is 0 Å². The van der Waals surface area contributed by atoms with Gasteiger partial charge in [0.2, 0.25) is 0 Å². The summed E-state index contributed by atoms with van der Waals surface area (Å²) in [4.78, 5) is 0. The van der Waals surface area contributed by atoms with Crippen LogP contribution in [-0.4, -0.2) is 49.2 Å². The summed E-state index contributed by atoms with van der Waals surface area (Å²) < 4.78 is 0. The maximum atomic E-state index is 0. The van der Waals surface area contributed by atoms with E-state index in [9.17, 15) is 0 Å². The molecule has 0 aromatic carbocycles. The molecule has 0 saturated heterocycles. The standard InChI is InChI=1S/4H2O.Pb.Ti.Zr/h4*1H2;;;/q;;;;;;+2/p-4.